The van der Waals surface area contributed by atoms with Gasteiger partial charge in [0.2, 0.25) is 0 Å². The molecule has 126 valence electrons. The average Bonchev–Trinajstić information content (AvgIpc) is 3.01. The van der Waals surface area contributed by atoms with Gasteiger partial charge in [0.1, 0.15) is 5.75 Å². The Hall–Kier alpha value is -2.78. The van der Waals surface area contributed by atoms with Gasteiger partial charge in [0.15, 0.2) is 6.23 Å². The standard InChI is InChI=1S/C22H21NO2/c1-3-25-22(16-9-8-10-17(15-16)24-2)23-20-13-6-4-11-18(20)19-12-5-7-14-21(19)23/h4-15,22H,3H2,1-2H3. The molecule has 25 heavy (non-hydrogen) atoms. The molecule has 3 heteroatoms. The lowest BCUT2D eigenvalue weighted by molar-refractivity contribution is 0.0469. The Balaban J connectivity index is 2.01. The van der Waals surface area contributed by atoms with E-state index in [0.717, 1.165) is 11.3 Å². The Morgan fingerprint density at radius 1 is 0.840 bits per heavy atom. The van der Waals surface area contributed by atoms with Gasteiger partial charge in [-0.15, -0.1) is 0 Å². The molecule has 0 amide bonds. The topological polar surface area (TPSA) is 23.4 Å². The van der Waals surface area contributed by atoms with Gasteiger partial charge in [-0.25, -0.2) is 0 Å². The van der Waals surface area contributed by atoms with Crippen LogP contribution in [0.5, 0.6) is 5.75 Å². The van der Waals surface area contributed by atoms with E-state index in [-0.39, 0.29) is 6.23 Å². The van der Waals surface area contributed by atoms with Crippen LogP contribution in [0.4, 0.5) is 0 Å². The van der Waals surface area contributed by atoms with Crippen LogP contribution in [0, 0.1) is 0 Å². The molecular weight excluding hydrogens is 310 g/mol. The van der Waals surface area contributed by atoms with Gasteiger partial charge in [0.05, 0.1) is 18.1 Å². The molecule has 1 unspecified atom stereocenters. The van der Waals surface area contributed by atoms with Crippen molar-refractivity contribution in [2.75, 3.05) is 13.7 Å². The van der Waals surface area contributed by atoms with Gasteiger partial charge in [0, 0.05) is 22.9 Å². The monoisotopic (exact) mass is 331 g/mol. The summed E-state index contributed by atoms with van der Waals surface area (Å²) in [6.07, 6.45) is -0.204. The summed E-state index contributed by atoms with van der Waals surface area (Å²) in [6, 6.07) is 25.1. The maximum atomic E-state index is 6.20. The number of aromatic nitrogens is 1. The molecule has 0 aliphatic carbocycles. The Labute approximate surface area is 147 Å². The first kappa shape index (κ1) is 15.7. The maximum absolute atomic E-state index is 6.20. The molecule has 1 heterocycles. The number of benzene rings is 3. The van der Waals surface area contributed by atoms with E-state index in [4.69, 9.17) is 9.47 Å². The number of fused-ring (bicyclic) bond motifs is 3. The zero-order chi connectivity index (χ0) is 17.2. The van der Waals surface area contributed by atoms with Gasteiger partial charge in [-0.1, -0.05) is 48.5 Å². The van der Waals surface area contributed by atoms with Crippen molar-refractivity contribution in [1.82, 2.24) is 4.57 Å². The van der Waals surface area contributed by atoms with Crippen LogP contribution >= 0.6 is 0 Å². The van der Waals surface area contributed by atoms with Crippen molar-refractivity contribution in [2.24, 2.45) is 0 Å². The van der Waals surface area contributed by atoms with Gasteiger partial charge in [0.25, 0.3) is 0 Å². The summed E-state index contributed by atoms with van der Waals surface area (Å²) in [5, 5.41) is 2.48. The van der Waals surface area contributed by atoms with Crippen molar-refractivity contribution in [3.8, 4) is 5.75 Å². The second-order valence-corrected chi connectivity index (χ2v) is 5.99. The number of para-hydroxylation sites is 2. The minimum absolute atomic E-state index is 0.204. The average molecular weight is 331 g/mol. The lowest BCUT2D eigenvalue weighted by atomic mass is 10.1. The third kappa shape index (κ3) is 2.67. The molecule has 4 aromatic rings. The number of ether oxygens (including phenoxy) is 2. The third-order valence-corrected chi connectivity index (χ3v) is 4.56. The van der Waals surface area contributed by atoms with Crippen LogP contribution in [0.1, 0.15) is 18.7 Å². The highest BCUT2D eigenvalue weighted by molar-refractivity contribution is 6.08. The van der Waals surface area contributed by atoms with Crippen molar-refractivity contribution in [1.29, 1.82) is 0 Å². The normalized spacial score (nSPS) is 12.6. The summed E-state index contributed by atoms with van der Waals surface area (Å²) in [4.78, 5) is 0. The van der Waals surface area contributed by atoms with E-state index in [9.17, 15) is 0 Å². The first-order chi connectivity index (χ1) is 12.3. The first-order valence-corrected chi connectivity index (χ1v) is 8.56. The Morgan fingerprint density at radius 3 is 2.08 bits per heavy atom. The Kier molecular flexibility index (Phi) is 4.16. The van der Waals surface area contributed by atoms with Crippen LogP contribution in [0.2, 0.25) is 0 Å². The van der Waals surface area contributed by atoms with Crippen LogP contribution in [0.15, 0.2) is 72.8 Å². The summed E-state index contributed by atoms with van der Waals surface area (Å²) < 4.78 is 13.9. The van der Waals surface area contributed by atoms with Crippen molar-refractivity contribution < 1.29 is 9.47 Å². The fourth-order valence-corrected chi connectivity index (χ4v) is 3.48. The second-order valence-electron chi connectivity index (χ2n) is 5.99. The fourth-order valence-electron chi connectivity index (χ4n) is 3.48. The van der Waals surface area contributed by atoms with E-state index in [1.165, 1.54) is 21.8 Å². The van der Waals surface area contributed by atoms with Crippen molar-refractivity contribution in [2.45, 2.75) is 13.2 Å². The number of hydrogen-bond donors (Lipinski definition) is 0. The highest BCUT2D eigenvalue weighted by atomic mass is 16.5. The molecule has 4 rings (SSSR count). The minimum Gasteiger partial charge on any atom is -0.497 e. The maximum Gasteiger partial charge on any atom is 0.160 e. The zero-order valence-corrected chi connectivity index (χ0v) is 14.5. The van der Waals surface area contributed by atoms with E-state index in [1.54, 1.807) is 7.11 Å². The SMILES string of the molecule is CCOC(c1cccc(OC)c1)n1c2ccccc2c2ccccc21. The van der Waals surface area contributed by atoms with E-state index < -0.39 is 0 Å². The predicted molar refractivity (Wildman–Crippen MR) is 102 cm³/mol. The lowest BCUT2D eigenvalue weighted by Crippen LogP contribution is -2.14. The highest BCUT2D eigenvalue weighted by Crippen LogP contribution is 2.35. The second kappa shape index (κ2) is 6.61. The van der Waals surface area contributed by atoms with Gasteiger partial charge < -0.3 is 14.0 Å². The largest absolute Gasteiger partial charge is 0.497 e. The number of rotatable bonds is 5. The molecule has 0 N–H and O–H groups in total. The lowest BCUT2D eigenvalue weighted by Gasteiger charge is -2.22. The molecule has 0 saturated carbocycles. The zero-order valence-electron chi connectivity index (χ0n) is 14.5. The summed E-state index contributed by atoms with van der Waals surface area (Å²) in [6.45, 7) is 2.66. The third-order valence-electron chi connectivity index (χ3n) is 4.56. The molecule has 0 spiro atoms. The van der Waals surface area contributed by atoms with Crippen LogP contribution in [0.25, 0.3) is 21.8 Å². The number of nitrogens with zero attached hydrogens (tertiary/aromatic N) is 1. The van der Waals surface area contributed by atoms with Crippen LogP contribution in [0.3, 0.4) is 0 Å². The molecule has 0 aliphatic heterocycles. The van der Waals surface area contributed by atoms with Crippen molar-refractivity contribution in [3.05, 3.63) is 78.4 Å². The summed E-state index contributed by atoms with van der Waals surface area (Å²) in [5.74, 6) is 0.836. The summed E-state index contributed by atoms with van der Waals surface area (Å²) >= 11 is 0. The quantitative estimate of drug-likeness (QED) is 0.490. The number of methoxy groups -OCH3 is 1. The molecule has 3 nitrogen and oxygen atoms in total. The van der Waals surface area contributed by atoms with Gasteiger partial charge in [-0.05, 0) is 31.2 Å². The fraction of sp³-hybridized carbons (Fsp3) is 0.182. The van der Waals surface area contributed by atoms with Crippen LogP contribution in [-0.4, -0.2) is 18.3 Å². The van der Waals surface area contributed by atoms with E-state index in [1.807, 2.05) is 25.1 Å². The van der Waals surface area contributed by atoms with E-state index in [0.29, 0.717) is 6.61 Å². The Morgan fingerprint density at radius 2 is 1.48 bits per heavy atom. The molecule has 0 fully saturated rings. The molecule has 0 bridgehead atoms. The molecular formula is C22H21NO2. The van der Waals surface area contributed by atoms with E-state index >= 15 is 0 Å². The van der Waals surface area contributed by atoms with Crippen LogP contribution in [-0.2, 0) is 4.74 Å². The predicted octanol–water partition coefficient (Wildman–Crippen LogP) is 5.39. The van der Waals surface area contributed by atoms with E-state index in [2.05, 4.69) is 59.2 Å². The molecule has 1 atom stereocenters. The smallest absolute Gasteiger partial charge is 0.160 e. The highest BCUT2D eigenvalue weighted by Gasteiger charge is 2.20. The molecule has 3 aromatic carbocycles. The number of hydrogen-bond acceptors (Lipinski definition) is 2. The summed E-state index contributed by atoms with van der Waals surface area (Å²) in [5.41, 5.74) is 3.42. The Bertz CT molecular complexity index is 966. The molecule has 1 aromatic heterocycles. The minimum atomic E-state index is -0.204. The molecule has 0 radical (unpaired) electrons. The van der Waals surface area contributed by atoms with Gasteiger partial charge in [-0.3, -0.25) is 0 Å². The summed E-state index contributed by atoms with van der Waals surface area (Å²) in [7, 11) is 1.69. The van der Waals surface area contributed by atoms with Gasteiger partial charge >= 0.3 is 0 Å². The first-order valence-electron chi connectivity index (χ1n) is 8.56. The van der Waals surface area contributed by atoms with Gasteiger partial charge in [-0.2, -0.15) is 0 Å². The van der Waals surface area contributed by atoms with Crippen molar-refractivity contribution >= 4 is 21.8 Å². The molecule has 0 saturated heterocycles. The van der Waals surface area contributed by atoms with Crippen LogP contribution < -0.4 is 4.74 Å². The van der Waals surface area contributed by atoms with Crippen molar-refractivity contribution in [3.63, 3.8) is 0 Å². The molecule has 0 aliphatic rings.